The molecule has 0 heterocycles. The maximum atomic E-state index is 14.7. The predicted octanol–water partition coefficient (Wildman–Crippen LogP) is 8.26. The van der Waals surface area contributed by atoms with E-state index in [1.807, 2.05) is 0 Å². The maximum Gasteiger partial charge on any atom is 0.432 e. The molecule has 0 saturated carbocycles. The molecule has 4 aromatic carbocycles. The molecule has 0 aliphatic heterocycles. The molecule has 4 rings (SSSR count). The van der Waals surface area contributed by atoms with E-state index in [9.17, 15) is 43.9 Å². The van der Waals surface area contributed by atoms with Gasteiger partial charge in [-0.3, -0.25) is 0 Å². The highest BCUT2D eigenvalue weighted by atomic mass is 19.3. The molecule has 0 spiro atoms. The minimum atomic E-state index is -4.87. The molecule has 0 aromatic heterocycles. The van der Waals surface area contributed by atoms with Gasteiger partial charge in [-0.2, -0.15) is 8.78 Å². The van der Waals surface area contributed by atoms with Crippen LogP contribution in [0.3, 0.4) is 0 Å². The van der Waals surface area contributed by atoms with Gasteiger partial charge in [0.1, 0.15) is 40.4 Å². The van der Waals surface area contributed by atoms with Crippen LogP contribution < -0.4 is 4.74 Å². The Balaban J connectivity index is 1.72. The Labute approximate surface area is 196 Å². The number of benzene rings is 4. The zero-order valence-electron chi connectivity index (χ0n) is 17.5. The number of ether oxygens (including phenoxy) is 1. The second kappa shape index (κ2) is 9.21. The van der Waals surface area contributed by atoms with E-state index in [1.165, 1.54) is 12.1 Å². The lowest BCUT2D eigenvalue weighted by Crippen LogP contribution is -2.25. The lowest BCUT2D eigenvalue weighted by atomic mass is 9.97. The van der Waals surface area contributed by atoms with Gasteiger partial charge in [-0.15, -0.1) is 0 Å². The van der Waals surface area contributed by atoms with Crippen molar-refractivity contribution >= 4 is 0 Å². The number of hydrogen-bond donors (Lipinski definition) is 0. The summed E-state index contributed by atoms with van der Waals surface area (Å²) in [5.41, 5.74) is -3.58. The zero-order chi connectivity index (χ0) is 26.4. The minimum absolute atomic E-state index is 0.0317. The van der Waals surface area contributed by atoms with Crippen molar-refractivity contribution in [2.75, 3.05) is 0 Å². The number of halogens is 10. The Bertz CT molecular complexity index is 1400. The summed E-state index contributed by atoms with van der Waals surface area (Å²) in [6.45, 7) is 0. The van der Waals surface area contributed by atoms with E-state index in [0.29, 0.717) is 0 Å². The Kier molecular flexibility index (Phi) is 6.42. The fourth-order valence-corrected chi connectivity index (χ4v) is 3.44. The van der Waals surface area contributed by atoms with E-state index in [0.717, 1.165) is 24.3 Å². The minimum Gasteiger partial charge on any atom is -0.429 e. The molecule has 0 aliphatic carbocycles. The first kappa shape index (κ1) is 25.1. The predicted molar refractivity (Wildman–Crippen MR) is 108 cm³/mol. The molecule has 11 heteroatoms. The molecule has 0 bridgehead atoms. The summed E-state index contributed by atoms with van der Waals surface area (Å²) in [5.74, 6) is -14.3. The Morgan fingerprint density at radius 1 is 0.500 bits per heavy atom. The van der Waals surface area contributed by atoms with Crippen LogP contribution in [0, 0.1) is 46.5 Å². The Morgan fingerprint density at radius 2 is 0.972 bits per heavy atom. The second-order valence-corrected chi connectivity index (χ2v) is 7.46. The van der Waals surface area contributed by atoms with Crippen LogP contribution in [0.1, 0.15) is 5.56 Å². The van der Waals surface area contributed by atoms with Crippen molar-refractivity contribution in [2.24, 2.45) is 0 Å². The second-order valence-electron chi connectivity index (χ2n) is 7.46. The molecular formula is C25H10F10O. The zero-order valence-corrected chi connectivity index (χ0v) is 17.5. The maximum absolute atomic E-state index is 14.7. The summed E-state index contributed by atoms with van der Waals surface area (Å²) in [6, 6.07) is 6.62. The molecule has 0 N–H and O–H groups in total. The molecule has 0 amide bonds. The Morgan fingerprint density at radius 3 is 1.47 bits per heavy atom. The van der Waals surface area contributed by atoms with Gasteiger partial charge in [0.25, 0.3) is 0 Å². The molecule has 4 aromatic rings. The van der Waals surface area contributed by atoms with Gasteiger partial charge in [0.2, 0.25) is 0 Å². The fourth-order valence-electron chi connectivity index (χ4n) is 3.44. The molecule has 0 radical (unpaired) electrons. The van der Waals surface area contributed by atoms with Crippen molar-refractivity contribution in [3.05, 3.63) is 113 Å². The van der Waals surface area contributed by atoms with Crippen LogP contribution in [0.2, 0.25) is 0 Å². The molecular weight excluding hydrogens is 506 g/mol. The first-order chi connectivity index (χ1) is 16.9. The van der Waals surface area contributed by atoms with Gasteiger partial charge >= 0.3 is 6.11 Å². The van der Waals surface area contributed by atoms with E-state index >= 15 is 0 Å². The van der Waals surface area contributed by atoms with Crippen LogP contribution in [-0.4, -0.2) is 0 Å². The smallest absolute Gasteiger partial charge is 0.429 e. The SMILES string of the molecule is Fc1ccc(-c2cc(F)c(-c3cc(F)c(C(F)(F)Oc4cc(F)c(F)c(F)c4)c(F)c3)c(F)c2)cc1. The summed E-state index contributed by atoms with van der Waals surface area (Å²) in [6.07, 6.45) is -4.87. The number of hydrogen-bond acceptors (Lipinski definition) is 1. The monoisotopic (exact) mass is 516 g/mol. The first-order valence-electron chi connectivity index (χ1n) is 9.83. The molecule has 0 unspecified atom stereocenters. The van der Waals surface area contributed by atoms with Gasteiger partial charge in [0, 0.05) is 12.1 Å². The fraction of sp³-hybridized carbons (Fsp3) is 0.0400. The van der Waals surface area contributed by atoms with Crippen LogP contribution in [0.5, 0.6) is 5.75 Å². The van der Waals surface area contributed by atoms with Crippen molar-refractivity contribution < 1.29 is 48.6 Å². The number of rotatable bonds is 5. The normalized spacial score (nSPS) is 11.6. The highest BCUT2D eigenvalue weighted by Crippen LogP contribution is 2.39. The molecule has 0 atom stereocenters. The highest BCUT2D eigenvalue weighted by molar-refractivity contribution is 5.72. The molecule has 0 fully saturated rings. The van der Waals surface area contributed by atoms with Crippen LogP contribution in [-0.2, 0) is 6.11 Å². The van der Waals surface area contributed by atoms with E-state index < -0.39 is 75.1 Å². The van der Waals surface area contributed by atoms with Gasteiger partial charge in [-0.25, -0.2) is 35.1 Å². The third kappa shape index (κ3) is 4.73. The van der Waals surface area contributed by atoms with Gasteiger partial charge in [-0.05, 0) is 53.1 Å². The van der Waals surface area contributed by atoms with Crippen molar-refractivity contribution in [3.63, 3.8) is 0 Å². The standard InChI is InChI=1S/C25H10F10O/c26-14-3-1-11(2-4-14)12-5-16(27)22(17(28)6-12)13-7-18(29)23(19(30)8-13)25(34,35)36-15-9-20(31)24(33)21(32)10-15/h1-10H. The van der Waals surface area contributed by atoms with Crippen molar-refractivity contribution in [3.8, 4) is 28.0 Å². The van der Waals surface area contributed by atoms with Gasteiger partial charge in [0.15, 0.2) is 17.5 Å². The van der Waals surface area contributed by atoms with E-state index in [2.05, 4.69) is 4.74 Å². The highest BCUT2D eigenvalue weighted by Gasteiger charge is 2.41. The molecule has 0 saturated heterocycles. The summed E-state index contributed by atoms with van der Waals surface area (Å²) in [4.78, 5) is 0. The molecule has 0 aliphatic rings. The van der Waals surface area contributed by atoms with Crippen molar-refractivity contribution in [1.82, 2.24) is 0 Å². The average molecular weight is 516 g/mol. The molecule has 1 nitrogen and oxygen atoms in total. The summed E-state index contributed by atoms with van der Waals surface area (Å²) >= 11 is 0. The van der Waals surface area contributed by atoms with E-state index in [-0.39, 0.29) is 35.4 Å². The third-order valence-electron chi connectivity index (χ3n) is 5.04. The third-order valence-corrected chi connectivity index (χ3v) is 5.04. The van der Waals surface area contributed by atoms with Crippen molar-refractivity contribution in [2.45, 2.75) is 6.11 Å². The lowest BCUT2D eigenvalue weighted by Gasteiger charge is -2.20. The summed E-state index contributed by atoms with van der Waals surface area (Å²) < 4.78 is 144. The van der Waals surface area contributed by atoms with Crippen LogP contribution >= 0.6 is 0 Å². The van der Waals surface area contributed by atoms with Gasteiger partial charge < -0.3 is 4.74 Å². The summed E-state index contributed by atoms with van der Waals surface area (Å²) in [5, 5.41) is 0. The van der Waals surface area contributed by atoms with Crippen LogP contribution in [0.4, 0.5) is 43.9 Å². The number of alkyl halides is 2. The topological polar surface area (TPSA) is 9.23 Å². The largest absolute Gasteiger partial charge is 0.432 e. The molecule has 36 heavy (non-hydrogen) atoms. The lowest BCUT2D eigenvalue weighted by molar-refractivity contribution is -0.189. The average Bonchev–Trinajstić information content (AvgIpc) is 2.76. The van der Waals surface area contributed by atoms with Crippen LogP contribution in [0.15, 0.2) is 60.7 Å². The van der Waals surface area contributed by atoms with Gasteiger partial charge in [0.05, 0.1) is 5.56 Å². The van der Waals surface area contributed by atoms with Gasteiger partial charge in [-0.1, -0.05) is 12.1 Å². The summed E-state index contributed by atoms with van der Waals surface area (Å²) in [7, 11) is 0. The van der Waals surface area contributed by atoms with E-state index in [4.69, 9.17) is 0 Å². The Hall–Kier alpha value is -4.02. The quantitative estimate of drug-likeness (QED) is 0.192. The first-order valence-corrected chi connectivity index (χ1v) is 9.83. The van der Waals surface area contributed by atoms with Crippen molar-refractivity contribution in [1.29, 1.82) is 0 Å². The molecule has 186 valence electrons. The van der Waals surface area contributed by atoms with E-state index in [1.54, 1.807) is 0 Å². The van der Waals surface area contributed by atoms with Crippen LogP contribution in [0.25, 0.3) is 22.3 Å².